The summed E-state index contributed by atoms with van der Waals surface area (Å²) in [6.07, 6.45) is 3.83. The molecule has 1 heterocycles. The first kappa shape index (κ1) is 15.9. The summed E-state index contributed by atoms with van der Waals surface area (Å²) in [7, 11) is 1.79. The molecule has 1 aliphatic heterocycles. The fraction of sp³-hybridized carbons (Fsp3) is 1.00. The minimum absolute atomic E-state index is 0.0232. The molecule has 0 radical (unpaired) electrons. The largest absolute Gasteiger partial charge is 0.379 e. The number of hydrogen-bond donors (Lipinski definition) is 1. The Kier molecular flexibility index (Phi) is 6.61. The number of methoxy groups -OCH3 is 1. The van der Waals surface area contributed by atoms with Gasteiger partial charge in [-0.3, -0.25) is 0 Å². The second kappa shape index (κ2) is 7.46. The first-order valence-electron chi connectivity index (χ1n) is 7.44. The van der Waals surface area contributed by atoms with Crippen molar-refractivity contribution in [3.05, 3.63) is 0 Å². The van der Waals surface area contributed by atoms with Crippen molar-refractivity contribution < 1.29 is 4.74 Å². The fourth-order valence-electron chi connectivity index (χ4n) is 2.77. The van der Waals surface area contributed by atoms with E-state index < -0.39 is 0 Å². The Balaban J connectivity index is 2.14. The van der Waals surface area contributed by atoms with Crippen LogP contribution in [0.4, 0.5) is 0 Å². The first-order valence-corrected chi connectivity index (χ1v) is 7.44. The number of hydrogen-bond acceptors (Lipinski definition) is 3. The molecule has 0 amide bonds. The van der Waals surface area contributed by atoms with E-state index in [1.165, 1.54) is 32.5 Å². The molecule has 3 nitrogen and oxygen atoms in total. The van der Waals surface area contributed by atoms with Crippen molar-refractivity contribution in [1.29, 1.82) is 0 Å². The van der Waals surface area contributed by atoms with Gasteiger partial charge in [0.2, 0.25) is 0 Å². The van der Waals surface area contributed by atoms with Crippen LogP contribution in [-0.4, -0.2) is 49.8 Å². The lowest BCUT2D eigenvalue weighted by molar-refractivity contribution is 0.00827. The lowest BCUT2D eigenvalue weighted by Gasteiger charge is -2.28. The van der Waals surface area contributed by atoms with Crippen LogP contribution >= 0.6 is 0 Å². The minimum Gasteiger partial charge on any atom is -0.379 e. The fourth-order valence-corrected chi connectivity index (χ4v) is 2.77. The molecule has 0 aromatic rings. The molecule has 108 valence electrons. The molecule has 0 saturated carbocycles. The van der Waals surface area contributed by atoms with Crippen LogP contribution in [0.25, 0.3) is 0 Å². The van der Waals surface area contributed by atoms with Crippen LogP contribution in [0.5, 0.6) is 0 Å². The molecule has 1 N–H and O–H groups in total. The molecular weight excluding hydrogens is 224 g/mol. The van der Waals surface area contributed by atoms with Crippen LogP contribution in [0, 0.1) is 5.92 Å². The van der Waals surface area contributed by atoms with Crippen molar-refractivity contribution in [3.63, 3.8) is 0 Å². The number of rotatable bonds is 8. The van der Waals surface area contributed by atoms with Crippen LogP contribution in [0.1, 0.15) is 47.0 Å². The van der Waals surface area contributed by atoms with Crippen molar-refractivity contribution in [3.8, 4) is 0 Å². The molecule has 2 unspecified atom stereocenters. The average Bonchev–Trinajstić information content (AvgIpc) is 2.78. The third-order valence-electron chi connectivity index (χ3n) is 3.93. The quantitative estimate of drug-likeness (QED) is 0.722. The smallest absolute Gasteiger partial charge is 0.0637 e. The Bertz CT molecular complexity index is 225. The molecule has 0 spiro atoms. The molecule has 18 heavy (non-hydrogen) atoms. The Morgan fingerprint density at radius 1 is 1.22 bits per heavy atom. The maximum atomic E-state index is 5.47. The summed E-state index contributed by atoms with van der Waals surface area (Å²) in [4.78, 5) is 2.59. The summed E-state index contributed by atoms with van der Waals surface area (Å²) in [5.74, 6) is 0.733. The van der Waals surface area contributed by atoms with Gasteiger partial charge in [0.1, 0.15) is 0 Å². The number of nitrogens with one attached hydrogen (secondary N) is 1. The summed E-state index contributed by atoms with van der Waals surface area (Å²) >= 11 is 0. The molecule has 1 rings (SSSR count). The summed E-state index contributed by atoms with van der Waals surface area (Å²) in [5, 5.41) is 3.64. The van der Waals surface area contributed by atoms with Crippen LogP contribution in [0.3, 0.4) is 0 Å². The molecule has 1 fully saturated rings. The summed E-state index contributed by atoms with van der Waals surface area (Å²) in [6, 6.07) is 0.515. The normalized spacial score (nSPS) is 21.2. The van der Waals surface area contributed by atoms with E-state index in [-0.39, 0.29) is 5.60 Å². The van der Waals surface area contributed by atoms with Crippen molar-refractivity contribution in [2.24, 2.45) is 5.92 Å². The van der Waals surface area contributed by atoms with E-state index in [1.807, 2.05) is 0 Å². The third kappa shape index (κ3) is 6.17. The van der Waals surface area contributed by atoms with Crippen molar-refractivity contribution in [2.75, 3.05) is 33.3 Å². The zero-order valence-corrected chi connectivity index (χ0v) is 13.0. The summed E-state index contributed by atoms with van der Waals surface area (Å²) in [5.41, 5.74) is -0.0232. The Labute approximate surface area is 113 Å². The standard InChI is InChI=1S/C15H32N2O/c1-13(12-17-8-6-7-9-17)11-16-14(2)10-15(3,4)18-5/h13-14,16H,6-12H2,1-5H3. The van der Waals surface area contributed by atoms with Crippen molar-refractivity contribution in [1.82, 2.24) is 10.2 Å². The van der Waals surface area contributed by atoms with Crippen LogP contribution < -0.4 is 5.32 Å². The van der Waals surface area contributed by atoms with Crippen molar-refractivity contribution >= 4 is 0 Å². The van der Waals surface area contributed by atoms with Gasteiger partial charge in [-0.25, -0.2) is 0 Å². The van der Waals surface area contributed by atoms with Gasteiger partial charge in [-0.15, -0.1) is 0 Å². The van der Waals surface area contributed by atoms with Gasteiger partial charge in [0.15, 0.2) is 0 Å². The second-order valence-corrected chi connectivity index (χ2v) is 6.59. The Hall–Kier alpha value is -0.120. The first-order chi connectivity index (χ1) is 8.43. The van der Waals surface area contributed by atoms with Gasteiger partial charge in [-0.1, -0.05) is 6.92 Å². The highest BCUT2D eigenvalue weighted by molar-refractivity contribution is 4.77. The highest BCUT2D eigenvalue weighted by Gasteiger charge is 2.20. The van der Waals surface area contributed by atoms with Crippen molar-refractivity contribution in [2.45, 2.75) is 58.6 Å². The molecule has 0 aromatic heterocycles. The van der Waals surface area contributed by atoms with Crippen LogP contribution in [0.2, 0.25) is 0 Å². The van der Waals surface area contributed by atoms with Gasteiger partial charge in [-0.2, -0.15) is 0 Å². The predicted molar refractivity (Wildman–Crippen MR) is 78.0 cm³/mol. The van der Waals surface area contributed by atoms with Crippen LogP contribution in [0.15, 0.2) is 0 Å². The summed E-state index contributed by atoms with van der Waals surface area (Å²) < 4.78 is 5.47. The lowest BCUT2D eigenvalue weighted by atomic mass is 9.99. The van der Waals surface area contributed by atoms with Gasteiger partial charge in [0, 0.05) is 19.7 Å². The molecule has 1 saturated heterocycles. The molecule has 0 aromatic carbocycles. The zero-order chi connectivity index (χ0) is 13.6. The Morgan fingerprint density at radius 3 is 2.39 bits per heavy atom. The van der Waals surface area contributed by atoms with E-state index in [0.29, 0.717) is 6.04 Å². The monoisotopic (exact) mass is 256 g/mol. The van der Waals surface area contributed by atoms with E-state index in [4.69, 9.17) is 4.74 Å². The molecule has 0 bridgehead atoms. The highest BCUT2D eigenvalue weighted by Crippen LogP contribution is 2.15. The number of nitrogens with zero attached hydrogens (tertiary/aromatic N) is 1. The SMILES string of the molecule is COC(C)(C)CC(C)NCC(C)CN1CCCC1. The topological polar surface area (TPSA) is 24.5 Å². The lowest BCUT2D eigenvalue weighted by Crippen LogP contribution is -2.39. The average molecular weight is 256 g/mol. The van der Waals surface area contributed by atoms with E-state index in [0.717, 1.165) is 18.9 Å². The molecule has 2 atom stereocenters. The summed E-state index contributed by atoms with van der Waals surface area (Å²) in [6.45, 7) is 13.9. The number of ether oxygens (including phenoxy) is 1. The zero-order valence-electron chi connectivity index (χ0n) is 13.0. The van der Waals surface area contributed by atoms with E-state index in [1.54, 1.807) is 7.11 Å². The number of likely N-dealkylation sites (tertiary alicyclic amines) is 1. The van der Waals surface area contributed by atoms with E-state index >= 15 is 0 Å². The van der Waals surface area contributed by atoms with Gasteiger partial charge < -0.3 is 15.0 Å². The molecular formula is C15H32N2O. The maximum absolute atomic E-state index is 5.47. The van der Waals surface area contributed by atoms with Gasteiger partial charge in [0.25, 0.3) is 0 Å². The third-order valence-corrected chi connectivity index (χ3v) is 3.93. The van der Waals surface area contributed by atoms with E-state index in [9.17, 15) is 0 Å². The van der Waals surface area contributed by atoms with E-state index in [2.05, 4.69) is 37.9 Å². The van der Waals surface area contributed by atoms with Gasteiger partial charge in [0.05, 0.1) is 5.60 Å². The van der Waals surface area contributed by atoms with Gasteiger partial charge in [-0.05, 0) is 65.6 Å². The predicted octanol–water partition coefficient (Wildman–Crippen LogP) is 2.51. The highest BCUT2D eigenvalue weighted by atomic mass is 16.5. The molecule has 3 heteroatoms. The second-order valence-electron chi connectivity index (χ2n) is 6.59. The Morgan fingerprint density at radius 2 is 1.83 bits per heavy atom. The molecule has 1 aliphatic rings. The molecule has 0 aliphatic carbocycles. The van der Waals surface area contributed by atoms with Gasteiger partial charge >= 0.3 is 0 Å². The van der Waals surface area contributed by atoms with Crippen LogP contribution in [-0.2, 0) is 4.74 Å². The maximum Gasteiger partial charge on any atom is 0.0637 e. The minimum atomic E-state index is -0.0232.